The molecule has 0 saturated heterocycles. The molecule has 0 fully saturated rings. The minimum absolute atomic E-state index is 0.199. The second kappa shape index (κ2) is 9.69. The van der Waals surface area contributed by atoms with Crippen molar-refractivity contribution >= 4 is 29.1 Å². The summed E-state index contributed by atoms with van der Waals surface area (Å²) in [5.74, 6) is 0.282. The fraction of sp³-hybridized carbons (Fsp3) is 0.269. The van der Waals surface area contributed by atoms with Gasteiger partial charge in [-0.05, 0) is 55.3 Å². The Morgan fingerprint density at radius 1 is 1.15 bits per heavy atom. The predicted octanol–water partition coefficient (Wildman–Crippen LogP) is 2.87. The lowest BCUT2D eigenvalue weighted by Crippen LogP contribution is -2.39. The van der Waals surface area contributed by atoms with Crippen LogP contribution in [-0.2, 0) is 9.53 Å². The average Bonchev–Trinajstić information content (AvgIpc) is 3.13. The molecule has 0 bridgehead atoms. The van der Waals surface area contributed by atoms with Gasteiger partial charge >= 0.3 is 5.97 Å². The molecule has 4 rings (SSSR count). The van der Waals surface area contributed by atoms with E-state index in [4.69, 9.17) is 9.47 Å². The quantitative estimate of drug-likeness (QED) is 0.511. The maximum atomic E-state index is 13.6. The van der Waals surface area contributed by atoms with Gasteiger partial charge in [0, 0.05) is 19.8 Å². The molecule has 1 aliphatic heterocycles. The SMILES string of the molecule is CCOC(=O)C1=C(C)N=c2s/c(=C\c3ccc(OC)cc3)c(=O)n2[C@H]1c1ccc(N(C)C)cc1. The lowest BCUT2D eigenvalue weighted by Gasteiger charge is -2.25. The first kappa shape index (κ1) is 23.5. The van der Waals surface area contributed by atoms with Crippen LogP contribution in [-0.4, -0.2) is 38.3 Å². The molecule has 34 heavy (non-hydrogen) atoms. The normalized spacial score (nSPS) is 15.6. The first-order chi connectivity index (χ1) is 16.3. The Balaban J connectivity index is 1.90. The lowest BCUT2D eigenvalue weighted by atomic mass is 9.95. The number of rotatable bonds is 6. The van der Waals surface area contributed by atoms with Crippen molar-refractivity contribution in [3.8, 4) is 5.75 Å². The summed E-state index contributed by atoms with van der Waals surface area (Å²) in [6, 6.07) is 14.7. The van der Waals surface area contributed by atoms with Gasteiger partial charge in [-0.2, -0.15) is 0 Å². The van der Waals surface area contributed by atoms with E-state index < -0.39 is 12.0 Å². The molecule has 7 nitrogen and oxygen atoms in total. The van der Waals surface area contributed by atoms with Crippen molar-refractivity contribution in [2.24, 2.45) is 4.99 Å². The number of nitrogens with zero attached hydrogens (tertiary/aromatic N) is 3. The third-order valence-electron chi connectivity index (χ3n) is 5.66. The molecule has 0 spiro atoms. The number of ether oxygens (including phenoxy) is 2. The molecule has 0 radical (unpaired) electrons. The summed E-state index contributed by atoms with van der Waals surface area (Å²) in [4.78, 5) is 33.7. The summed E-state index contributed by atoms with van der Waals surface area (Å²) in [5, 5.41) is 0. The van der Waals surface area contributed by atoms with Crippen molar-refractivity contribution in [2.45, 2.75) is 19.9 Å². The van der Waals surface area contributed by atoms with Gasteiger partial charge in [-0.3, -0.25) is 9.36 Å². The number of thiazole rings is 1. The number of hydrogen-bond donors (Lipinski definition) is 0. The van der Waals surface area contributed by atoms with Gasteiger partial charge in [-0.15, -0.1) is 0 Å². The fourth-order valence-electron chi connectivity index (χ4n) is 3.91. The third-order valence-corrected chi connectivity index (χ3v) is 6.64. The number of hydrogen-bond acceptors (Lipinski definition) is 7. The molecule has 1 aromatic heterocycles. The summed E-state index contributed by atoms with van der Waals surface area (Å²) in [7, 11) is 5.54. The Kier molecular flexibility index (Phi) is 6.70. The van der Waals surface area contributed by atoms with Crippen molar-refractivity contribution in [3.63, 3.8) is 0 Å². The topological polar surface area (TPSA) is 73.1 Å². The molecule has 0 N–H and O–H groups in total. The van der Waals surface area contributed by atoms with Crippen molar-refractivity contribution in [3.05, 3.63) is 90.6 Å². The Labute approximate surface area is 201 Å². The number of fused-ring (bicyclic) bond motifs is 1. The van der Waals surface area contributed by atoms with E-state index in [1.807, 2.05) is 73.6 Å². The number of aromatic nitrogens is 1. The van der Waals surface area contributed by atoms with E-state index >= 15 is 0 Å². The first-order valence-corrected chi connectivity index (χ1v) is 11.8. The van der Waals surface area contributed by atoms with Crippen LogP contribution in [0.4, 0.5) is 5.69 Å². The maximum absolute atomic E-state index is 13.6. The number of methoxy groups -OCH3 is 1. The van der Waals surface area contributed by atoms with E-state index in [-0.39, 0.29) is 12.2 Å². The van der Waals surface area contributed by atoms with Gasteiger partial charge in [0.05, 0.1) is 35.6 Å². The van der Waals surface area contributed by atoms with Crippen molar-refractivity contribution < 1.29 is 14.3 Å². The van der Waals surface area contributed by atoms with Gasteiger partial charge in [0.1, 0.15) is 5.75 Å². The zero-order valence-corrected chi connectivity index (χ0v) is 20.7. The van der Waals surface area contributed by atoms with Crippen molar-refractivity contribution in [1.82, 2.24) is 4.57 Å². The fourth-order valence-corrected chi connectivity index (χ4v) is 4.96. The zero-order valence-electron chi connectivity index (χ0n) is 19.9. The van der Waals surface area contributed by atoms with Crippen molar-refractivity contribution in [2.75, 3.05) is 32.7 Å². The Morgan fingerprint density at radius 2 is 1.82 bits per heavy atom. The highest BCUT2D eigenvalue weighted by molar-refractivity contribution is 7.07. The Bertz CT molecular complexity index is 1410. The summed E-state index contributed by atoms with van der Waals surface area (Å²) >= 11 is 1.31. The third kappa shape index (κ3) is 4.41. The maximum Gasteiger partial charge on any atom is 0.338 e. The highest BCUT2D eigenvalue weighted by Crippen LogP contribution is 2.31. The van der Waals surface area contributed by atoms with E-state index in [1.54, 1.807) is 25.5 Å². The van der Waals surface area contributed by atoms with Crippen LogP contribution in [0, 0.1) is 0 Å². The first-order valence-electron chi connectivity index (χ1n) is 10.9. The molecule has 1 atom stereocenters. The number of carbonyl (C=O) groups excluding carboxylic acids is 1. The van der Waals surface area contributed by atoms with Gasteiger partial charge in [-0.25, -0.2) is 9.79 Å². The van der Waals surface area contributed by atoms with Crippen LogP contribution in [0.1, 0.15) is 31.0 Å². The van der Waals surface area contributed by atoms with Gasteiger partial charge in [0.2, 0.25) is 0 Å². The molecule has 2 aromatic carbocycles. The second-order valence-corrected chi connectivity index (χ2v) is 9.07. The molecule has 0 aliphatic carbocycles. The average molecular weight is 478 g/mol. The molecule has 0 unspecified atom stereocenters. The zero-order chi connectivity index (χ0) is 24.4. The molecule has 2 heterocycles. The standard InChI is InChI=1S/C26H27N3O4S/c1-6-33-25(31)22-16(2)27-26-29(23(22)18-9-11-19(12-10-18)28(3)4)24(30)21(34-26)15-17-7-13-20(32-5)14-8-17/h7-15,23H,6H2,1-5H3/b21-15-/t23-/m0/s1. The molecule has 0 amide bonds. The van der Waals surface area contributed by atoms with Crippen LogP contribution in [0.5, 0.6) is 5.75 Å². The highest BCUT2D eigenvalue weighted by atomic mass is 32.1. The lowest BCUT2D eigenvalue weighted by molar-refractivity contribution is -0.139. The number of anilines is 1. The summed E-state index contributed by atoms with van der Waals surface area (Å²) in [6.45, 7) is 3.79. The molecular weight excluding hydrogens is 450 g/mol. The number of esters is 1. The number of benzene rings is 2. The van der Waals surface area contributed by atoms with Crippen LogP contribution in [0.25, 0.3) is 6.08 Å². The van der Waals surface area contributed by atoms with Gasteiger partial charge in [-0.1, -0.05) is 35.6 Å². The van der Waals surface area contributed by atoms with Crippen LogP contribution >= 0.6 is 11.3 Å². The van der Waals surface area contributed by atoms with Crippen molar-refractivity contribution in [1.29, 1.82) is 0 Å². The Hall–Kier alpha value is -3.65. The van der Waals surface area contributed by atoms with E-state index in [9.17, 15) is 9.59 Å². The summed E-state index contributed by atoms with van der Waals surface area (Å²) in [6.07, 6.45) is 1.83. The van der Waals surface area contributed by atoms with Crippen LogP contribution in [0.3, 0.4) is 0 Å². The number of carbonyl (C=O) groups is 1. The van der Waals surface area contributed by atoms with E-state index in [0.717, 1.165) is 22.6 Å². The smallest absolute Gasteiger partial charge is 0.338 e. The van der Waals surface area contributed by atoms with E-state index in [2.05, 4.69) is 4.99 Å². The van der Waals surface area contributed by atoms with Gasteiger partial charge in [0.15, 0.2) is 4.80 Å². The highest BCUT2D eigenvalue weighted by Gasteiger charge is 2.33. The van der Waals surface area contributed by atoms with Crippen LogP contribution in [0.15, 0.2) is 69.6 Å². The summed E-state index contributed by atoms with van der Waals surface area (Å²) < 4.78 is 12.7. The molecule has 176 valence electrons. The minimum atomic E-state index is -0.621. The number of allylic oxidation sites excluding steroid dienone is 1. The summed E-state index contributed by atoms with van der Waals surface area (Å²) in [5.41, 5.74) is 3.45. The Morgan fingerprint density at radius 3 is 2.41 bits per heavy atom. The molecule has 3 aromatic rings. The monoisotopic (exact) mass is 477 g/mol. The van der Waals surface area contributed by atoms with Crippen LogP contribution in [0.2, 0.25) is 0 Å². The molecule has 1 aliphatic rings. The van der Waals surface area contributed by atoms with Crippen LogP contribution < -0.4 is 24.5 Å². The molecular formula is C26H27N3O4S. The minimum Gasteiger partial charge on any atom is -0.497 e. The van der Waals surface area contributed by atoms with E-state index in [0.29, 0.717) is 20.6 Å². The predicted molar refractivity (Wildman–Crippen MR) is 134 cm³/mol. The van der Waals surface area contributed by atoms with Gasteiger partial charge < -0.3 is 14.4 Å². The molecule has 8 heteroatoms. The van der Waals surface area contributed by atoms with Gasteiger partial charge in [0.25, 0.3) is 5.56 Å². The second-order valence-electron chi connectivity index (χ2n) is 8.06. The molecule has 0 saturated carbocycles. The van der Waals surface area contributed by atoms with E-state index in [1.165, 1.54) is 11.3 Å². The largest absolute Gasteiger partial charge is 0.497 e.